The fraction of sp³-hybridized carbons (Fsp3) is 0.474. The van der Waals surface area contributed by atoms with E-state index < -0.39 is 21.5 Å². The van der Waals surface area contributed by atoms with Crippen LogP contribution in [-0.2, 0) is 9.47 Å². The maximum absolute atomic E-state index is 12.9. The van der Waals surface area contributed by atoms with E-state index in [4.69, 9.17) is 17.0 Å². The first-order valence-corrected chi connectivity index (χ1v) is 21.3. The van der Waals surface area contributed by atoms with Crippen LogP contribution >= 0.6 is 26.7 Å². The van der Waals surface area contributed by atoms with E-state index in [1.807, 2.05) is 14.2 Å². The normalized spacial score (nSPS) is 24.9. The van der Waals surface area contributed by atoms with Crippen molar-refractivity contribution in [2.24, 2.45) is 5.92 Å². The second-order valence-corrected chi connectivity index (χ2v) is 19.8. The van der Waals surface area contributed by atoms with Crippen LogP contribution in [-0.4, -0.2) is 80.3 Å². The zero-order valence-electron chi connectivity index (χ0n) is 27.8. The summed E-state index contributed by atoms with van der Waals surface area (Å²) in [5, 5.41) is 18.1. The molecule has 0 amide bonds. The van der Waals surface area contributed by atoms with Gasteiger partial charge < -0.3 is 14.6 Å². The Balaban J connectivity index is 1.34. The summed E-state index contributed by atoms with van der Waals surface area (Å²) < 4.78 is 18.2. The van der Waals surface area contributed by atoms with Gasteiger partial charge in [-0.1, -0.05) is 78.9 Å². The first-order valence-electron chi connectivity index (χ1n) is 17.3. The van der Waals surface area contributed by atoms with Crippen LogP contribution in [0.25, 0.3) is 10.1 Å². The maximum Gasteiger partial charge on any atom is 0.409 e. The Labute approximate surface area is 288 Å². The standard InChI is InChI=1S/C38H48BN2O3P2S/c1-43-26-28-14-12-24-40(28)46(39,41-25-13-15-29(41)27-44-2)34-22-11-21-32(34)36(42)38-37(33-20-9-10-23-35(33)47-38)45(30-16-5-3-6-17-30)31-18-7-4-8-19-31/h3-10,16-20,23,28-29,32,34,36,42H,11-15,21-22,24-27H2,1-2H3/q+1/t28-,29-,32?,34?,36-/m0/s1. The van der Waals surface area contributed by atoms with Gasteiger partial charge in [0.05, 0.1) is 37.1 Å². The van der Waals surface area contributed by atoms with Crippen LogP contribution in [0.15, 0.2) is 84.9 Å². The summed E-state index contributed by atoms with van der Waals surface area (Å²) in [7, 11) is 8.47. The minimum atomic E-state index is -2.35. The lowest BCUT2D eigenvalue weighted by atomic mass is 9.99. The Bertz CT molecular complexity index is 1550. The van der Waals surface area contributed by atoms with Gasteiger partial charge in [0.25, 0.3) is 0 Å². The number of hydrogen-bond acceptors (Lipinski definition) is 6. The number of nitrogens with zero attached hydrogens (tertiary/aromatic N) is 2. The van der Waals surface area contributed by atoms with Gasteiger partial charge in [0.2, 0.25) is 0 Å². The van der Waals surface area contributed by atoms with E-state index in [9.17, 15) is 5.11 Å². The van der Waals surface area contributed by atoms with Crippen molar-refractivity contribution < 1.29 is 14.6 Å². The van der Waals surface area contributed by atoms with Gasteiger partial charge in [-0.25, -0.2) is 0 Å². The summed E-state index contributed by atoms with van der Waals surface area (Å²) in [6.45, 7) is 3.44. The van der Waals surface area contributed by atoms with Gasteiger partial charge in [-0.15, -0.1) is 11.3 Å². The SMILES string of the molecule is [B][P+](C1CCCC1[C@H](O)c1sc2ccccc2c1P(c1ccccc1)c1ccccc1)(N1CCC[C@H]1COC)N1CCC[C@H]1COC. The van der Waals surface area contributed by atoms with Crippen molar-refractivity contribution in [1.29, 1.82) is 0 Å². The van der Waals surface area contributed by atoms with Gasteiger partial charge in [0.1, 0.15) is 7.44 Å². The summed E-state index contributed by atoms with van der Waals surface area (Å²) in [4.78, 5) is 1.14. The predicted octanol–water partition coefficient (Wildman–Crippen LogP) is 7.01. The van der Waals surface area contributed by atoms with Gasteiger partial charge in [0.15, 0.2) is 0 Å². The quantitative estimate of drug-likeness (QED) is 0.128. The Morgan fingerprint density at radius 3 is 1.91 bits per heavy atom. The second kappa shape index (κ2) is 15.1. The number of methoxy groups -OCH3 is 2. The molecular formula is C38H48BN2O3P2S+. The smallest absolute Gasteiger partial charge is 0.387 e. The lowest BCUT2D eigenvalue weighted by Gasteiger charge is -2.48. The third-order valence-electron chi connectivity index (χ3n) is 10.8. The minimum absolute atomic E-state index is 0.0936. The van der Waals surface area contributed by atoms with Crippen LogP contribution < -0.4 is 15.9 Å². The van der Waals surface area contributed by atoms with Crippen molar-refractivity contribution in [3.8, 4) is 0 Å². The topological polar surface area (TPSA) is 45.2 Å². The molecule has 1 aliphatic carbocycles. The average molecular weight is 686 g/mol. The van der Waals surface area contributed by atoms with Crippen molar-refractivity contribution >= 4 is 60.3 Å². The molecule has 246 valence electrons. The maximum atomic E-state index is 12.9. The van der Waals surface area contributed by atoms with Crippen molar-refractivity contribution in [2.75, 3.05) is 40.5 Å². The van der Waals surface area contributed by atoms with E-state index in [-0.39, 0.29) is 11.6 Å². The molecular weight excluding hydrogens is 637 g/mol. The Morgan fingerprint density at radius 1 is 0.787 bits per heavy atom. The number of hydrogen-bond donors (Lipinski definition) is 1. The van der Waals surface area contributed by atoms with Crippen LogP contribution in [0.5, 0.6) is 0 Å². The Hall–Kier alpha value is -1.66. The third-order valence-corrected chi connectivity index (χ3v) is 19.0. The van der Waals surface area contributed by atoms with E-state index in [1.165, 1.54) is 26.0 Å². The van der Waals surface area contributed by atoms with Crippen LogP contribution in [0.2, 0.25) is 0 Å². The van der Waals surface area contributed by atoms with Crippen molar-refractivity contribution in [3.63, 3.8) is 0 Å². The minimum Gasteiger partial charge on any atom is -0.387 e. The van der Waals surface area contributed by atoms with Gasteiger partial charge in [-0.3, -0.25) is 0 Å². The lowest BCUT2D eigenvalue weighted by molar-refractivity contribution is 0.110. The summed E-state index contributed by atoms with van der Waals surface area (Å²) in [5.74, 6) is 0.0936. The molecule has 1 saturated carbocycles. The van der Waals surface area contributed by atoms with Crippen LogP contribution in [0.4, 0.5) is 0 Å². The molecule has 9 heteroatoms. The van der Waals surface area contributed by atoms with Crippen LogP contribution in [0.1, 0.15) is 55.9 Å². The van der Waals surface area contributed by atoms with E-state index in [2.05, 4.69) is 94.3 Å². The highest BCUT2D eigenvalue weighted by molar-refractivity contribution is 7.94. The van der Waals surface area contributed by atoms with Crippen molar-refractivity contribution in [1.82, 2.24) is 9.34 Å². The van der Waals surface area contributed by atoms with Crippen LogP contribution in [0.3, 0.4) is 0 Å². The Morgan fingerprint density at radius 2 is 1.34 bits per heavy atom. The molecule has 5 nitrogen and oxygen atoms in total. The molecule has 2 radical (unpaired) electrons. The monoisotopic (exact) mass is 685 g/mol. The molecule has 5 atom stereocenters. The van der Waals surface area contributed by atoms with Crippen LogP contribution in [0, 0.1) is 5.92 Å². The molecule has 0 bridgehead atoms. The highest BCUT2D eigenvalue weighted by atomic mass is 32.1. The van der Waals surface area contributed by atoms with E-state index in [0.717, 1.165) is 62.9 Å². The van der Waals surface area contributed by atoms with E-state index in [0.29, 0.717) is 25.3 Å². The molecule has 2 unspecified atom stereocenters. The molecule has 0 spiro atoms. The molecule has 2 saturated heterocycles. The molecule has 3 fully saturated rings. The average Bonchev–Trinajstić information content (AvgIpc) is 3.93. The van der Waals surface area contributed by atoms with Gasteiger partial charge in [0, 0.05) is 53.5 Å². The molecule has 3 heterocycles. The zero-order valence-corrected chi connectivity index (χ0v) is 30.4. The largest absolute Gasteiger partial charge is 0.409 e. The summed E-state index contributed by atoms with van der Waals surface area (Å²) >= 11 is 1.80. The molecule has 7 rings (SSSR count). The zero-order chi connectivity index (χ0) is 32.4. The number of rotatable bonds is 12. The summed E-state index contributed by atoms with van der Waals surface area (Å²) in [6.07, 6.45) is 7.11. The number of fused-ring (bicyclic) bond motifs is 1. The number of aliphatic hydroxyl groups excluding tert-OH is 1. The molecule has 1 aromatic heterocycles. The fourth-order valence-electron chi connectivity index (χ4n) is 8.78. The fourth-order valence-corrected chi connectivity index (χ4v) is 17.8. The summed E-state index contributed by atoms with van der Waals surface area (Å²) in [5.41, 5.74) is 0.227. The number of benzene rings is 3. The van der Waals surface area contributed by atoms with Gasteiger partial charge in [-0.2, -0.15) is 9.34 Å². The molecule has 1 N–H and O–H groups in total. The Kier molecular flexibility index (Phi) is 10.8. The second-order valence-electron chi connectivity index (χ2n) is 13.5. The highest BCUT2D eigenvalue weighted by Crippen LogP contribution is 2.73. The van der Waals surface area contributed by atoms with Crippen molar-refractivity contribution in [2.45, 2.75) is 68.8 Å². The van der Waals surface area contributed by atoms with E-state index >= 15 is 0 Å². The lowest BCUT2D eigenvalue weighted by Crippen LogP contribution is -2.49. The molecule has 4 aromatic rings. The first-order chi connectivity index (χ1) is 23.1. The number of thiophene rings is 1. The third kappa shape index (κ3) is 6.41. The number of ether oxygens (including phenoxy) is 2. The van der Waals surface area contributed by atoms with Gasteiger partial charge >= 0.3 is 7.57 Å². The highest BCUT2D eigenvalue weighted by Gasteiger charge is 2.62. The van der Waals surface area contributed by atoms with Gasteiger partial charge in [-0.05, 0) is 69.5 Å². The van der Waals surface area contributed by atoms with E-state index in [1.54, 1.807) is 11.3 Å². The molecule has 3 aliphatic rings. The van der Waals surface area contributed by atoms with Crippen molar-refractivity contribution in [3.05, 3.63) is 89.8 Å². The molecule has 47 heavy (non-hydrogen) atoms. The predicted molar refractivity (Wildman–Crippen MR) is 203 cm³/mol. The number of aliphatic hydroxyl groups is 1. The summed E-state index contributed by atoms with van der Waals surface area (Å²) in [6, 6.07) is 31.3. The molecule has 2 aliphatic heterocycles. The molecule has 3 aromatic carbocycles. The first kappa shape index (κ1) is 33.8.